The Labute approximate surface area is 266 Å². The monoisotopic (exact) mass is 656 g/mol. The molecular formula is C31H40N6O8S+2. The van der Waals surface area contributed by atoms with E-state index in [-0.39, 0.29) is 34.9 Å². The van der Waals surface area contributed by atoms with Gasteiger partial charge in [0, 0.05) is 40.4 Å². The lowest BCUT2D eigenvalue weighted by atomic mass is 9.77. The van der Waals surface area contributed by atoms with Gasteiger partial charge in [-0.15, -0.1) is 0 Å². The number of benzene rings is 2. The lowest BCUT2D eigenvalue weighted by molar-refractivity contribution is -1.04. The Bertz CT molecular complexity index is 1790. The Kier molecular flexibility index (Phi) is 6.77. The number of aliphatic hydroxyl groups excluding tert-OH is 1. The number of hydrogen-bond donors (Lipinski definition) is 4. The van der Waals surface area contributed by atoms with Crippen molar-refractivity contribution in [1.82, 2.24) is 4.90 Å². The third-order valence-electron chi connectivity index (χ3n) is 11.5. The minimum atomic E-state index is -4.01. The highest BCUT2D eigenvalue weighted by molar-refractivity contribution is 7.93. The number of carboxylic acids is 1. The Balaban J connectivity index is 1.21. The van der Waals surface area contributed by atoms with Crippen LogP contribution in [0.4, 0.5) is 5.69 Å². The molecule has 5 heterocycles. The van der Waals surface area contributed by atoms with E-state index in [0.717, 1.165) is 16.5 Å². The zero-order chi connectivity index (χ0) is 33.1. The zero-order valence-electron chi connectivity index (χ0n) is 25.8. The van der Waals surface area contributed by atoms with E-state index in [1.165, 1.54) is 16.1 Å². The highest BCUT2D eigenvalue weighted by Crippen LogP contribution is 2.52. The number of aliphatic hydroxyl groups is 1. The van der Waals surface area contributed by atoms with Crippen molar-refractivity contribution in [1.29, 1.82) is 0 Å². The van der Waals surface area contributed by atoms with Crippen molar-refractivity contribution in [2.24, 2.45) is 29.2 Å². The quantitative estimate of drug-likeness (QED) is 0.203. The number of anilines is 1. The maximum Gasteiger partial charge on any atom is 0.326 e. The number of rotatable bonds is 8. The molecule has 0 aliphatic carbocycles. The van der Waals surface area contributed by atoms with Crippen molar-refractivity contribution in [2.45, 2.75) is 50.0 Å². The molecule has 6 N–H and O–H groups in total. The van der Waals surface area contributed by atoms with Crippen LogP contribution in [0.15, 0.2) is 29.2 Å². The average molecular weight is 657 g/mol. The highest BCUT2D eigenvalue weighted by Gasteiger charge is 2.65. The summed E-state index contributed by atoms with van der Waals surface area (Å²) in [6, 6.07) is 5.59. The molecule has 14 nitrogen and oxygen atoms in total. The van der Waals surface area contributed by atoms with Gasteiger partial charge in [-0.25, -0.2) is 13.2 Å². The van der Waals surface area contributed by atoms with Gasteiger partial charge in [-0.1, -0.05) is 19.1 Å². The molecule has 2 aromatic rings. The van der Waals surface area contributed by atoms with Crippen molar-refractivity contribution in [3.05, 3.63) is 35.4 Å². The summed E-state index contributed by atoms with van der Waals surface area (Å²) in [6.07, 6.45) is -0.937. The first-order valence-corrected chi connectivity index (χ1v) is 17.1. The number of nitrogens with zero attached hydrogens (tertiary/aromatic N) is 4. The van der Waals surface area contributed by atoms with Gasteiger partial charge in [0.15, 0.2) is 13.1 Å². The van der Waals surface area contributed by atoms with Gasteiger partial charge in [0.05, 0.1) is 22.6 Å². The number of primary amides is 2. The first-order chi connectivity index (χ1) is 21.6. The average Bonchev–Trinajstić information content (AvgIpc) is 3.33. The third-order valence-corrected chi connectivity index (χ3v) is 13.3. The van der Waals surface area contributed by atoms with Crippen LogP contribution in [0.3, 0.4) is 0 Å². The van der Waals surface area contributed by atoms with Crippen LogP contribution >= 0.6 is 0 Å². The van der Waals surface area contributed by atoms with Gasteiger partial charge in [-0.3, -0.25) is 23.2 Å². The van der Waals surface area contributed by atoms with E-state index >= 15 is 0 Å². The molecule has 3 amide bonds. The van der Waals surface area contributed by atoms with Crippen LogP contribution in [0.2, 0.25) is 0 Å². The van der Waals surface area contributed by atoms with Gasteiger partial charge in [0.1, 0.15) is 45.3 Å². The summed E-state index contributed by atoms with van der Waals surface area (Å²) in [5.41, 5.74) is 13.6. The summed E-state index contributed by atoms with van der Waals surface area (Å²) in [6.45, 7) is 7.14. The van der Waals surface area contributed by atoms with Gasteiger partial charge in [-0.05, 0) is 25.0 Å². The van der Waals surface area contributed by atoms with Crippen LogP contribution in [0.25, 0.3) is 10.8 Å². The number of carbonyl (C=O) groups is 4. The van der Waals surface area contributed by atoms with Gasteiger partial charge in [0.2, 0.25) is 5.91 Å². The predicted molar refractivity (Wildman–Crippen MR) is 164 cm³/mol. The second kappa shape index (κ2) is 10.1. The molecule has 0 aromatic heterocycles. The molecule has 5 aliphatic rings. The topological polar surface area (TPSA) is 201 Å². The molecular weight excluding hydrogens is 616 g/mol. The standard InChI is InChI=1S/C31H38N6O8S/c1-16-20(29(31(42)43)35-28(16)25(17(2)38)30(35)41)11-34-21-5-3-18-12-36(7-9-37(10-8-36,14-23(32)39)15-24(33)40)13-19-4-6-22(46(34,44)45)27(21)26(18)19/h3-6,16-17,20,25,28-29,38H,7-15H2,1-2H3,(H3-2,32,33,39,40,42,43)/p+2/t16?,17-,20?,25-,28-,29?/m1/s1. The fourth-order valence-electron chi connectivity index (χ4n) is 9.38. The number of aliphatic carboxylic acids is 1. The molecule has 0 bridgehead atoms. The molecule has 7 rings (SSSR count). The van der Waals surface area contributed by atoms with Crippen LogP contribution in [-0.4, -0.2) is 120 Å². The number of hydrogen-bond acceptors (Lipinski definition) is 7. The fraction of sp³-hybridized carbons (Fsp3) is 0.548. The van der Waals surface area contributed by atoms with E-state index in [4.69, 9.17) is 11.5 Å². The van der Waals surface area contributed by atoms with Crippen molar-refractivity contribution in [3.8, 4) is 0 Å². The molecule has 5 aliphatic heterocycles. The predicted octanol–water partition coefficient (Wildman–Crippen LogP) is -1.09. The molecule has 2 aromatic carbocycles. The van der Waals surface area contributed by atoms with Crippen molar-refractivity contribution < 1.29 is 46.8 Å². The van der Waals surface area contributed by atoms with Gasteiger partial charge >= 0.3 is 5.97 Å². The number of quaternary nitrogens is 2. The van der Waals surface area contributed by atoms with Crippen molar-refractivity contribution >= 4 is 50.2 Å². The largest absolute Gasteiger partial charge is 0.480 e. The van der Waals surface area contributed by atoms with E-state index in [2.05, 4.69) is 0 Å². The number of piperazine rings is 1. The summed E-state index contributed by atoms with van der Waals surface area (Å²) < 4.78 is 30.4. The minimum Gasteiger partial charge on any atom is -0.480 e. The van der Waals surface area contributed by atoms with E-state index in [9.17, 15) is 37.8 Å². The number of carbonyl (C=O) groups excluding carboxylic acids is 3. The van der Waals surface area contributed by atoms with Crippen LogP contribution in [-0.2, 0) is 42.3 Å². The smallest absolute Gasteiger partial charge is 0.326 e. The normalized spacial score (nSPS) is 30.2. The molecule has 3 saturated heterocycles. The molecule has 46 heavy (non-hydrogen) atoms. The van der Waals surface area contributed by atoms with Gasteiger partial charge in [-0.2, -0.15) is 0 Å². The van der Waals surface area contributed by atoms with Crippen molar-refractivity contribution in [2.75, 3.05) is 50.1 Å². The van der Waals surface area contributed by atoms with Crippen LogP contribution in [0.5, 0.6) is 0 Å². The summed E-state index contributed by atoms with van der Waals surface area (Å²) >= 11 is 0. The van der Waals surface area contributed by atoms with Gasteiger partial charge < -0.3 is 31.1 Å². The van der Waals surface area contributed by atoms with E-state index in [1.807, 2.05) is 19.1 Å². The Morgan fingerprint density at radius 2 is 1.57 bits per heavy atom. The lowest BCUT2D eigenvalue weighted by Crippen LogP contribution is -2.69. The minimum absolute atomic E-state index is 0.0459. The van der Waals surface area contributed by atoms with E-state index in [1.54, 1.807) is 12.1 Å². The third kappa shape index (κ3) is 4.28. The number of fused-ring (bicyclic) bond motifs is 1. The maximum absolute atomic E-state index is 14.1. The van der Waals surface area contributed by atoms with E-state index in [0.29, 0.717) is 54.8 Å². The zero-order valence-corrected chi connectivity index (χ0v) is 26.6. The number of sulfonamides is 1. The molecule has 0 radical (unpaired) electrons. The first kappa shape index (κ1) is 30.8. The molecule has 6 atom stereocenters. The summed E-state index contributed by atoms with van der Waals surface area (Å²) in [7, 11) is -4.01. The van der Waals surface area contributed by atoms with Crippen LogP contribution in [0, 0.1) is 17.8 Å². The Morgan fingerprint density at radius 3 is 2.11 bits per heavy atom. The lowest BCUT2D eigenvalue weighted by Gasteiger charge is -2.50. The molecule has 0 saturated carbocycles. The Hall–Kier alpha value is -3.79. The number of amides is 3. The summed E-state index contributed by atoms with van der Waals surface area (Å²) in [5, 5.41) is 21.9. The van der Waals surface area contributed by atoms with E-state index < -0.39 is 63.7 Å². The number of nitrogens with two attached hydrogens (primary N) is 2. The summed E-state index contributed by atoms with van der Waals surface area (Å²) in [4.78, 5) is 50.6. The molecule has 15 heteroatoms. The van der Waals surface area contributed by atoms with Crippen molar-refractivity contribution in [3.63, 3.8) is 0 Å². The van der Waals surface area contributed by atoms with Crippen LogP contribution in [0.1, 0.15) is 25.0 Å². The SMILES string of the molecule is CC1C(CN2c3ccc4c5c(ccc(c35)S2(=O)=O)C[N+]2(CC[N+](CC(N)=O)(CC(N)=O)CC2)C4)C(C(=O)O)N2C(=O)[C@H]([C@@H](C)O)[C@@H]12. The molecule has 1 spiro atoms. The molecule has 3 unspecified atom stereocenters. The molecule has 3 fully saturated rings. The maximum atomic E-state index is 14.1. The fourth-order valence-corrected chi connectivity index (χ4v) is 11.1. The Morgan fingerprint density at radius 1 is 0.978 bits per heavy atom. The molecule has 246 valence electrons. The second-order valence-corrected chi connectivity index (χ2v) is 16.0. The van der Waals surface area contributed by atoms with Crippen LogP contribution < -0.4 is 15.8 Å². The number of β-lactam (4-membered cyclic amide) rings is 1. The second-order valence-electron chi connectivity index (χ2n) is 14.2. The summed E-state index contributed by atoms with van der Waals surface area (Å²) in [5.74, 6) is -4.29. The highest BCUT2D eigenvalue weighted by atomic mass is 32.2. The number of carboxylic acid groups (broad SMARTS) is 1. The first-order valence-electron chi connectivity index (χ1n) is 15.7. The van der Waals surface area contributed by atoms with Gasteiger partial charge in [0.25, 0.3) is 21.8 Å².